The number of sulfone groups is 1. The molecule has 104 valence electrons. The Morgan fingerprint density at radius 1 is 0.950 bits per heavy atom. The highest BCUT2D eigenvalue weighted by Crippen LogP contribution is 2.29. The van der Waals surface area contributed by atoms with Crippen LogP contribution in [0, 0.1) is 10.1 Å². The number of halogens is 2. The molecule has 0 aliphatic rings. The maximum atomic E-state index is 12.3. The molecule has 0 bridgehead atoms. The number of hydrogen-bond acceptors (Lipinski definition) is 4. The number of nitro groups is 1. The number of benzene rings is 2. The molecule has 0 amide bonds. The predicted molar refractivity (Wildman–Crippen MR) is 75.0 cm³/mol. The van der Waals surface area contributed by atoms with Crippen LogP contribution in [-0.4, -0.2) is 13.3 Å². The van der Waals surface area contributed by atoms with Gasteiger partial charge in [0.15, 0.2) is 0 Å². The Morgan fingerprint density at radius 2 is 1.60 bits per heavy atom. The minimum absolute atomic E-state index is 0.0765. The Labute approximate surface area is 124 Å². The molecule has 2 rings (SSSR count). The lowest BCUT2D eigenvalue weighted by Gasteiger charge is -2.05. The molecule has 0 fully saturated rings. The van der Waals surface area contributed by atoms with Crippen molar-refractivity contribution in [3.8, 4) is 0 Å². The van der Waals surface area contributed by atoms with Gasteiger partial charge in [0.25, 0.3) is 5.69 Å². The molecule has 5 nitrogen and oxygen atoms in total. The molecule has 0 heterocycles. The summed E-state index contributed by atoms with van der Waals surface area (Å²) in [5, 5.41) is 11.0. The minimum atomic E-state index is -3.88. The van der Waals surface area contributed by atoms with Crippen LogP contribution in [0.2, 0.25) is 10.0 Å². The van der Waals surface area contributed by atoms with Gasteiger partial charge in [-0.3, -0.25) is 10.1 Å². The quantitative estimate of drug-likeness (QED) is 0.634. The van der Waals surface area contributed by atoms with E-state index in [1.54, 1.807) is 0 Å². The lowest BCUT2D eigenvalue weighted by atomic mass is 10.3. The third-order valence-electron chi connectivity index (χ3n) is 2.54. The van der Waals surface area contributed by atoms with Gasteiger partial charge in [-0.05, 0) is 24.3 Å². The Balaban J connectivity index is 2.57. The van der Waals surface area contributed by atoms with E-state index in [1.807, 2.05) is 0 Å². The average molecular weight is 332 g/mol. The van der Waals surface area contributed by atoms with Crippen LogP contribution < -0.4 is 0 Å². The molecule has 0 unspecified atom stereocenters. The van der Waals surface area contributed by atoms with Crippen molar-refractivity contribution in [1.82, 2.24) is 0 Å². The second-order valence-electron chi connectivity index (χ2n) is 3.83. The van der Waals surface area contributed by atoms with E-state index in [0.717, 1.165) is 6.07 Å². The molecule has 2 aromatic carbocycles. The fourth-order valence-corrected chi connectivity index (χ4v) is 3.23. The van der Waals surface area contributed by atoms with Crippen molar-refractivity contribution in [2.75, 3.05) is 0 Å². The molecule has 2 aromatic rings. The Hall–Kier alpha value is -1.63. The third-order valence-corrected chi connectivity index (χ3v) is 5.03. The summed E-state index contributed by atoms with van der Waals surface area (Å²) in [4.78, 5) is 9.78. The first-order valence-electron chi connectivity index (χ1n) is 5.27. The van der Waals surface area contributed by atoms with Gasteiger partial charge in [-0.25, -0.2) is 8.42 Å². The molecule has 0 aliphatic carbocycles. The van der Waals surface area contributed by atoms with Gasteiger partial charge in [0.1, 0.15) is 0 Å². The van der Waals surface area contributed by atoms with Crippen molar-refractivity contribution in [1.29, 1.82) is 0 Å². The Kier molecular flexibility index (Phi) is 3.99. The van der Waals surface area contributed by atoms with Crippen LogP contribution in [0.4, 0.5) is 5.69 Å². The van der Waals surface area contributed by atoms with Gasteiger partial charge in [-0.2, -0.15) is 0 Å². The van der Waals surface area contributed by atoms with Crippen LogP contribution in [0.5, 0.6) is 0 Å². The van der Waals surface area contributed by atoms with Crippen molar-refractivity contribution in [2.45, 2.75) is 9.79 Å². The van der Waals surface area contributed by atoms with Crippen LogP contribution in [-0.2, 0) is 9.84 Å². The zero-order valence-corrected chi connectivity index (χ0v) is 12.1. The van der Waals surface area contributed by atoms with E-state index in [9.17, 15) is 18.5 Å². The molecule has 0 aliphatic heterocycles. The van der Waals surface area contributed by atoms with Crippen LogP contribution in [0.3, 0.4) is 0 Å². The van der Waals surface area contributed by atoms with E-state index >= 15 is 0 Å². The Morgan fingerprint density at radius 3 is 2.20 bits per heavy atom. The maximum Gasteiger partial charge on any atom is 0.270 e. The van der Waals surface area contributed by atoms with E-state index in [1.165, 1.54) is 36.4 Å². The summed E-state index contributed by atoms with van der Waals surface area (Å²) in [6.07, 6.45) is 0. The lowest BCUT2D eigenvalue weighted by molar-refractivity contribution is -0.385. The molecule has 0 aromatic heterocycles. The van der Waals surface area contributed by atoms with Crippen LogP contribution in [0.15, 0.2) is 52.3 Å². The highest BCUT2D eigenvalue weighted by Gasteiger charge is 2.21. The highest BCUT2D eigenvalue weighted by molar-refractivity contribution is 7.91. The number of rotatable bonds is 3. The van der Waals surface area contributed by atoms with Crippen LogP contribution >= 0.6 is 23.2 Å². The predicted octanol–water partition coefficient (Wildman–Crippen LogP) is 3.73. The van der Waals surface area contributed by atoms with Crippen molar-refractivity contribution < 1.29 is 13.3 Å². The Bertz CT molecular complexity index is 790. The molecule has 0 saturated carbocycles. The second-order valence-corrected chi connectivity index (χ2v) is 6.60. The van der Waals surface area contributed by atoms with Gasteiger partial charge >= 0.3 is 0 Å². The fraction of sp³-hybridized carbons (Fsp3) is 0. The maximum absolute atomic E-state index is 12.3. The standard InChI is InChI=1S/C12H7Cl2NO4S/c13-11-5-4-10(7-12(11)14)20(18,19)9-3-1-2-8(6-9)15(16)17/h1-7H. The summed E-state index contributed by atoms with van der Waals surface area (Å²) in [6, 6.07) is 8.66. The first kappa shape index (κ1) is 14.8. The van der Waals surface area contributed by atoms with Gasteiger partial charge in [-0.15, -0.1) is 0 Å². The van der Waals surface area contributed by atoms with Gasteiger partial charge in [0.05, 0.1) is 24.8 Å². The smallest absolute Gasteiger partial charge is 0.258 e. The molecular formula is C12H7Cl2NO4S. The number of nitro benzene ring substituents is 1. The summed E-state index contributed by atoms with van der Waals surface area (Å²) >= 11 is 11.5. The molecule has 0 atom stereocenters. The molecule has 0 saturated heterocycles. The normalized spacial score (nSPS) is 11.3. The zero-order chi connectivity index (χ0) is 14.9. The van der Waals surface area contributed by atoms with E-state index in [0.29, 0.717) is 0 Å². The summed E-state index contributed by atoms with van der Waals surface area (Å²) in [5.41, 5.74) is -0.300. The second kappa shape index (κ2) is 5.40. The molecule has 0 radical (unpaired) electrons. The number of nitrogens with zero attached hydrogens (tertiary/aromatic N) is 1. The SMILES string of the molecule is O=[N+]([O-])c1cccc(S(=O)(=O)c2ccc(Cl)c(Cl)c2)c1. The average Bonchev–Trinajstić information content (AvgIpc) is 2.42. The fourth-order valence-electron chi connectivity index (χ4n) is 1.54. The van der Waals surface area contributed by atoms with Gasteiger partial charge in [0.2, 0.25) is 9.84 Å². The first-order chi connectivity index (χ1) is 9.32. The third kappa shape index (κ3) is 2.77. The summed E-state index contributed by atoms with van der Waals surface area (Å²) in [5.74, 6) is 0. The lowest BCUT2D eigenvalue weighted by Crippen LogP contribution is -2.02. The summed E-state index contributed by atoms with van der Waals surface area (Å²) in [6.45, 7) is 0. The largest absolute Gasteiger partial charge is 0.270 e. The molecule has 20 heavy (non-hydrogen) atoms. The number of non-ortho nitro benzene ring substituents is 1. The van der Waals surface area contributed by atoms with Gasteiger partial charge < -0.3 is 0 Å². The molecular weight excluding hydrogens is 325 g/mol. The van der Waals surface area contributed by atoms with E-state index in [4.69, 9.17) is 23.2 Å². The zero-order valence-electron chi connectivity index (χ0n) is 9.79. The topological polar surface area (TPSA) is 77.3 Å². The van der Waals surface area contributed by atoms with E-state index < -0.39 is 14.8 Å². The first-order valence-corrected chi connectivity index (χ1v) is 7.51. The van der Waals surface area contributed by atoms with E-state index in [-0.39, 0.29) is 25.5 Å². The van der Waals surface area contributed by atoms with Crippen LogP contribution in [0.1, 0.15) is 0 Å². The van der Waals surface area contributed by atoms with E-state index in [2.05, 4.69) is 0 Å². The monoisotopic (exact) mass is 331 g/mol. The van der Waals surface area contributed by atoms with Crippen molar-refractivity contribution in [3.05, 3.63) is 62.6 Å². The van der Waals surface area contributed by atoms with Crippen LogP contribution in [0.25, 0.3) is 0 Å². The van der Waals surface area contributed by atoms with Gasteiger partial charge in [-0.1, -0.05) is 29.3 Å². The molecule has 0 N–H and O–H groups in total. The molecule has 0 spiro atoms. The highest BCUT2D eigenvalue weighted by atomic mass is 35.5. The van der Waals surface area contributed by atoms with Crippen molar-refractivity contribution in [2.24, 2.45) is 0 Å². The van der Waals surface area contributed by atoms with Gasteiger partial charge in [0, 0.05) is 12.1 Å². The van der Waals surface area contributed by atoms with Crippen molar-refractivity contribution in [3.63, 3.8) is 0 Å². The summed E-state index contributed by atoms with van der Waals surface area (Å²) < 4.78 is 24.7. The van der Waals surface area contributed by atoms with Crippen molar-refractivity contribution >= 4 is 38.7 Å². The summed E-state index contributed by atoms with van der Waals surface area (Å²) in [7, 11) is -3.88. The molecule has 8 heteroatoms. The minimum Gasteiger partial charge on any atom is -0.258 e. The number of hydrogen-bond donors (Lipinski definition) is 0.